The lowest BCUT2D eigenvalue weighted by atomic mass is 10.1. The summed E-state index contributed by atoms with van der Waals surface area (Å²) in [5.74, 6) is 0. The van der Waals surface area contributed by atoms with E-state index in [4.69, 9.17) is 11.6 Å². The van der Waals surface area contributed by atoms with E-state index in [1.807, 2.05) is 31.2 Å². The lowest BCUT2D eigenvalue weighted by molar-refractivity contribution is -0.111. The van der Waals surface area contributed by atoms with Crippen LogP contribution in [0.15, 0.2) is 24.3 Å². The van der Waals surface area contributed by atoms with Crippen LogP contribution in [0.3, 0.4) is 0 Å². The highest BCUT2D eigenvalue weighted by atomic mass is 35.5. The maximum absolute atomic E-state index is 10.7. The Morgan fingerprint density at radius 1 is 1.42 bits per heavy atom. The van der Waals surface area contributed by atoms with E-state index in [1.165, 1.54) is 0 Å². The molecular weight excluding hydrogens is 192 g/mol. The molecule has 64 valence electrons. The molecule has 0 saturated heterocycles. The zero-order valence-electron chi connectivity index (χ0n) is 6.62. The fraction of sp³-hybridized carbons (Fsp3) is 0.222. The second kappa shape index (κ2) is 3.97. The second-order valence-corrected chi connectivity index (χ2v) is 3.51. The van der Waals surface area contributed by atoms with Crippen molar-refractivity contribution >= 4 is 29.5 Å². The van der Waals surface area contributed by atoms with Crippen LogP contribution in [0, 0.1) is 6.92 Å². The topological polar surface area (TPSA) is 17.1 Å². The average Bonchev–Trinajstić information content (AvgIpc) is 2.04. The molecule has 0 aliphatic rings. The lowest BCUT2D eigenvalue weighted by Crippen LogP contribution is -1.98. The molecule has 0 bridgehead atoms. The van der Waals surface area contributed by atoms with E-state index >= 15 is 0 Å². The van der Waals surface area contributed by atoms with Gasteiger partial charge in [-0.2, -0.15) is 12.6 Å². The Bertz CT molecular complexity index is 281. The van der Waals surface area contributed by atoms with Gasteiger partial charge in [0.1, 0.15) is 5.25 Å². The van der Waals surface area contributed by atoms with Crippen LogP contribution in [0.4, 0.5) is 0 Å². The number of aryl methyl sites for hydroxylation is 1. The SMILES string of the molecule is Cc1ccc(C(S)C(=O)Cl)cc1. The summed E-state index contributed by atoms with van der Waals surface area (Å²) in [4.78, 5) is 10.7. The van der Waals surface area contributed by atoms with E-state index < -0.39 is 10.5 Å². The summed E-state index contributed by atoms with van der Waals surface area (Å²) in [7, 11) is 0. The zero-order valence-corrected chi connectivity index (χ0v) is 8.27. The van der Waals surface area contributed by atoms with Gasteiger partial charge >= 0.3 is 0 Å². The van der Waals surface area contributed by atoms with Gasteiger partial charge in [0.05, 0.1) is 0 Å². The van der Waals surface area contributed by atoms with Gasteiger partial charge in [0, 0.05) is 0 Å². The molecule has 3 heteroatoms. The molecule has 0 amide bonds. The van der Waals surface area contributed by atoms with Crippen LogP contribution < -0.4 is 0 Å². The van der Waals surface area contributed by atoms with Gasteiger partial charge in [-0.1, -0.05) is 29.8 Å². The summed E-state index contributed by atoms with van der Waals surface area (Å²) in [6.07, 6.45) is 0. The molecule has 12 heavy (non-hydrogen) atoms. The van der Waals surface area contributed by atoms with E-state index in [-0.39, 0.29) is 0 Å². The van der Waals surface area contributed by atoms with Gasteiger partial charge in [-0.3, -0.25) is 4.79 Å². The van der Waals surface area contributed by atoms with E-state index in [0.717, 1.165) is 11.1 Å². The molecule has 1 aromatic rings. The van der Waals surface area contributed by atoms with Gasteiger partial charge in [-0.15, -0.1) is 0 Å². The Hall–Kier alpha value is -0.470. The highest BCUT2D eigenvalue weighted by molar-refractivity contribution is 7.81. The third kappa shape index (κ3) is 2.26. The molecule has 0 fully saturated rings. The number of carbonyl (C=O) groups excluding carboxylic acids is 1. The molecule has 1 nitrogen and oxygen atoms in total. The van der Waals surface area contributed by atoms with Crippen molar-refractivity contribution in [2.45, 2.75) is 12.2 Å². The highest BCUT2D eigenvalue weighted by Crippen LogP contribution is 2.22. The van der Waals surface area contributed by atoms with Crippen LogP contribution in [0.5, 0.6) is 0 Å². The first-order chi connectivity index (χ1) is 5.61. The first kappa shape index (κ1) is 9.62. The normalized spacial score (nSPS) is 12.6. The Labute approximate surface area is 82.1 Å². The van der Waals surface area contributed by atoms with E-state index in [1.54, 1.807) is 0 Å². The van der Waals surface area contributed by atoms with Crippen molar-refractivity contribution in [3.63, 3.8) is 0 Å². The van der Waals surface area contributed by atoms with Crippen LogP contribution in [0.25, 0.3) is 0 Å². The summed E-state index contributed by atoms with van der Waals surface area (Å²) in [5, 5.41) is -0.950. The Balaban J connectivity index is 2.89. The molecule has 0 aliphatic heterocycles. The molecule has 0 radical (unpaired) electrons. The third-order valence-electron chi connectivity index (χ3n) is 1.61. The van der Waals surface area contributed by atoms with Crippen LogP contribution in [0.2, 0.25) is 0 Å². The maximum atomic E-state index is 10.7. The van der Waals surface area contributed by atoms with E-state index in [0.29, 0.717) is 0 Å². The molecule has 0 spiro atoms. The minimum atomic E-state index is -0.507. The van der Waals surface area contributed by atoms with Crippen LogP contribution in [0.1, 0.15) is 16.4 Å². The zero-order chi connectivity index (χ0) is 9.14. The number of hydrogen-bond acceptors (Lipinski definition) is 2. The molecule has 0 aromatic heterocycles. The Kier molecular flexibility index (Phi) is 3.18. The monoisotopic (exact) mass is 200 g/mol. The first-order valence-corrected chi connectivity index (χ1v) is 4.44. The molecule has 0 heterocycles. The molecular formula is C9H9ClOS. The van der Waals surface area contributed by atoms with Crippen molar-refractivity contribution in [3.05, 3.63) is 35.4 Å². The summed E-state index contributed by atoms with van der Waals surface area (Å²) < 4.78 is 0. The number of halogens is 1. The van der Waals surface area contributed by atoms with Crippen LogP contribution in [-0.2, 0) is 4.79 Å². The van der Waals surface area contributed by atoms with Crippen molar-refractivity contribution in [1.29, 1.82) is 0 Å². The second-order valence-electron chi connectivity index (χ2n) is 2.62. The molecule has 0 aliphatic carbocycles. The molecule has 0 saturated carbocycles. The van der Waals surface area contributed by atoms with Gasteiger partial charge in [0.2, 0.25) is 5.24 Å². The lowest BCUT2D eigenvalue weighted by Gasteiger charge is -2.04. The predicted octanol–water partition coefficient (Wildman–Crippen LogP) is 2.73. The van der Waals surface area contributed by atoms with Gasteiger partial charge in [0.15, 0.2) is 0 Å². The third-order valence-corrected chi connectivity index (χ3v) is 2.51. The summed E-state index contributed by atoms with van der Waals surface area (Å²) >= 11 is 9.35. The van der Waals surface area contributed by atoms with Crippen molar-refractivity contribution in [2.24, 2.45) is 0 Å². The molecule has 1 rings (SSSR count). The minimum absolute atomic E-state index is 0.442. The van der Waals surface area contributed by atoms with Gasteiger partial charge in [-0.25, -0.2) is 0 Å². The minimum Gasteiger partial charge on any atom is -0.280 e. The van der Waals surface area contributed by atoms with Crippen LogP contribution in [-0.4, -0.2) is 5.24 Å². The van der Waals surface area contributed by atoms with Crippen molar-refractivity contribution in [2.75, 3.05) is 0 Å². The highest BCUT2D eigenvalue weighted by Gasteiger charge is 2.12. The standard InChI is InChI=1S/C9H9ClOS/c1-6-2-4-7(5-3-6)8(12)9(10)11/h2-5,8,12H,1H3. The van der Waals surface area contributed by atoms with Crippen LogP contribution >= 0.6 is 24.2 Å². The summed E-state index contributed by atoms with van der Waals surface area (Å²) in [6.45, 7) is 1.99. The molecule has 0 N–H and O–H groups in total. The van der Waals surface area contributed by atoms with E-state index in [9.17, 15) is 4.79 Å². The van der Waals surface area contributed by atoms with Gasteiger partial charge in [-0.05, 0) is 24.1 Å². The average molecular weight is 201 g/mol. The number of hydrogen-bond donors (Lipinski definition) is 1. The van der Waals surface area contributed by atoms with Gasteiger partial charge in [0.25, 0.3) is 0 Å². The Morgan fingerprint density at radius 3 is 2.33 bits per heavy atom. The fourth-order valence-corrected chi connectivity index (χ4v) is 1.18. The smallest absolute Gasteiger partial charge is 0.238 e. The predicted molar refractivity (Wildman–Crippen MR) is 53.8 cm³/mol. The summed E-state index contributed by atoms with van der Waals surface area (Å²) in [6, 6.07) is 7.57. The quantitative estimate of drug-likeness (QED) is 0.574. The molecule has 1 unspecified atom stereocenters. The van der Waals surface area contributed by atoms with Crippen molar-refractivity contribution < 1.29 is 4.79 Å². The van der Waals surface area contributed by atoms with Gasteiger partial charge < -0.3 is 0 Å². The Morgan fingerprint density at radius 2 is 1.92 bits per heavy atom. The number of thiol groups is 1. The first-order valence-electron chi connectivity index (χ1n) is 3.55. The number of rotatable bonds is 2. The largest absolute Gasteiger partial charge is 0.280 e. The molecule has 1 atom stereocenters. The summed E-state index contributed by atoms with van der Waals surface area (Å²) in [5.41, 5.74) is 1.99. The van der Waals surface area contributed by atoms with Crippen molar-refractivity contribution in [3.8, 4) is 0 Å². The number of benzene rings is 1. The van der Waals surface area contributed by atoms with E-state index in [2.05, 4.69) is 12.6 Å². The number of carbonyl (C=O) groups is 1. The maximum Gasteiger partial charge on any atom is 0.238 e. The fourth-order valence-electron chi connectivity index (χ4n) is 0.880. The molecule has 1 aromatic carbocycles. The van der Waals surface area contributed by atoms with Crippen molar-refractivity contribution in [1.82, 2.24) is 0 Å².